The number of hydrogen-bond acceptors (Lipinski definition) is 9. The monoisotopic (exact) mass is 666 g/mol. The Labute approximate surface area is 275 Å². The minimum Gasteiger partial charge on any atom is -0.434 e. The number of hydrogen-bond donors (Lipinski definition) is 3. The molecule has 13 nitrogen and oxygen atoms in total. The lowest BCUT2D eigenvalue weighted by Crippen LogP contribution is -2.37. The molecule has 49 heavy (non-hydrogen) atoms. The van der Waals surface area contributed by atoms with Crippen molar-refractivity contribution in [1.29, 1.82) is 0 Å². The van der Waals surface area contributed by atoms with E-state index >= 15 is 0 Å². The number of carbonyl (C=O) groups excluding carboxylic acids is 1. The van der Waals surface area contributed by atoms with Crippen molar-refractivity contribution in [2.24, 2.45) is 10.7 Å². The lowest BCUT2D eigenvalue weighted by Gasteiger charge is -2.08. The van der Waals surface area contributed by atoms with Gasteiger partial charge in [-0.15, -0.1) is 0 Å². The summed E-state index contributed by atoms with van der Waals surface area (Å²) in [5.74, 6) is -1.74. The highest BCUT2D eigenvalue weighted by Gasteiger charge is 2.12. The lowest BCUT2D eigenvalue weighted by molar-refractivity contribution is -0.119. The number of aliphatic imine (C=N–C) groups is 1. The normalized spacial score (nSPS) is 11.2. The summed E-state index contributed by atoms with van der Waals surface area (Å²) in [5.41, 5.74) is 13.6. The van der Waals surface area contributed by atoms with Gasteiger partial charge in [-0.2, -0.15) is 20.2 Å². The number of amides is 1. The fourth-order valence-electron chi connectivity index (χ4n) is 4.43. The van der Waals surface area contributed by atoms with Crippen LogP contribution in [-0.2, 0) is 11.2 Å². The quantitative estimate of drug-likeness (QED) is 0.115. The number of aromatic nitrogens is 6. The number of carbonyl (C=O) groups is 1. The molecular formula is C33H25F3N10O3. The van der Waals surface area contributed by atoms with Crippen molar-refractivity contribution in [3.8, 4) is 23.3 Å². The fourth-order valence-corrected chi connectivity index (χ4v) is 4.43. The number of nitrogen functional groups attached to an aromatic ring is 1. The third kappa shape index (κ3) is 7.89. The third-order valence-corrected chi connectivity index (χ3v) is 6.68. The average Bonchev–Trinajstić information content (AvgIpc) is 3.76. The van der Waals surface area contributed by atoms with Gasteiger partial charge in [0.2, 0.25) is 23.6 Å². The number of guanidine groups is 1. The fraction of sp³-hybridized carbons (Fsp3) is 0.0303. The molecule has 0 aliphatic heterocycles. The molecule has 5 N–H and O–H groups in total. The summed E-state index contributed by atoms with van der Waals surface area (Å²) in [4.78, 5) is 24.0. The molecule has 0 atom stereocenters. The largest absolute Gasteiger partial charge is 0.434 e. The molecule has 0 bridgehead atoms. The van der Waals surface area contributed by atoms with Crippen LogP contribution in [0.2, 0.25) is 0 Å². The molecule has 0 saturated heterocycles. The van der Waals surface area contributed by atoms with Crippen molar-refractivity contribution in [2.75, 3.05) is 5.73 Å². The molecule has 0 fully saturated rings. The van der Waals surface area contributed by atoms with Gasteiger partial charge in [0.15, 0.2) is 23.1 Å². The molecule has 0 aliphatic rings. The van der Waals surface area contributed by atoms with Crippen molar-refractivity contribution in [2.45, 2.75) is 6.42 Å². The van der Waals surface area contributed by atoms with Crippen molar-refractivity contribution in [3.05, 3.63) is 133 Å². The maximum Gasteiger partial charge on any atom is 0.247 e. The average molecular weight is 667 g/mol. The summed E-state index contributed by atoms with van der Waals surface area (Å²) in [7, 11) is 0. The van der Waals surface area contributed by atoms with Gasteiger partial charge in [-0.1, -0.05) is 12.1 Å². The van der Waals surface area contributed by atoms with Gasteiger partial charge in [0, 0.05) is 30.2 Å². The van der Waals surface area contributed by atoms with Crippen molar-refractivity contribution in [3.63, 3.8) is 0 Å². The first kappa shape index (κ1) is 32.0. The summed E-state index contributed by atoms with van der Waals surface area (Å²) in [6.45, 7) is 0. The zero-order chi connectivity index (χ0) is 34.3. The van der Waals surface area contributed by atoms with Crippen LogP contribution in [0.5, 0.6) is 23.3 Å². The first-order valence-corrected chi connectivity index (χ1v) is 14.4. The van der Waals surface area contributed by atoms with Crippen LogP contribution >= 0.6 is 0 Å². The second kappa shape index (κ2) is 14.2. The van der Waals surface area contributed by atoms with E-state index in [-0.39, 0.29) is 35.4 Å². The molecule has 4 aromatic heterocycles. The highest BCUT2D eigenvalue weighted by atomic mass is 19.1. The van der Waals surface area contributed by atoms with E-state index in [1.165, 1.54) is 61.2 Å². The Bertz CT molecular complexity index is 2290. The van der Waals surface area contributed by atoms with E-state index in [9.17, 15) is 18.0 Å². The maximum absolute atomic E-state index is 14.5. The molecule has 0 spiro atoms. The summed E-state index contributed by atoms with van der Waals surface area (Å²) in [5, 5.41) is 10.4. The smallest absolute Gasteiger partial charge is 0.247 e. The second-order valence-electron chi connectivity index (χ2n) is 10.2. The van der Waals surface area contributed by atoms with Crippen molar-refractivity contribution >= 4 is 34.3 Å². The molecule has 0 aliphatic carbocycles. The Morgan fingerprint density at radius 1 is 0.776 bits per heavy atom. The van der Waals surface area contributed by atoms with Crippen LogP contribution in [0, 0.1) is 17.5 Å². The molecule has 0 saturated carbocycles. The number of nitrogens with one attached hydrogen (secondary N) is 1. The highest BCUT2D eigenvalue weighted by molar-refractivity contribution is 5.98. The Balaban J connectivity index is 0.000000195. The topological polar surface area (TPSA) is 172 Å². The Kier molecular flexibility index (Phi) is 9.27. The van der Waals surface area contributed by atoms with Gasteiger partial charge in [0.25, 0.3) is 0 Å². The van der Waals surface area contributed by atoms with Crippen LogP contribution < -0.4 is 26.3 Å². The Morgan fingerprint density at radius 2 is 1.35 bits per heavy atom. The van der Waals surface area contributed by atoms with Crippen LogP contribution in [0.4, 0.5) is 24.5 Å². The predicted molar refractivity (Wildman–Crippen MR) is 173 cm³/mol. The van der Waals surface area contributed by atoms with Crippen molar-refractivity contribution < 1.29 is 27.4 Å². The summed E-state index contributed by atoms with van der Waals surface area (Å²) in [6.07, 6.45) is 6.10. The first-order valence-electron chi connectivity index (χ1n) is 14.4. The molecule has 1 amide bonds. The minimum absolute atomic E-state index is 0.00915. The van der Waals surface area contributed by atoms with Gasteiger partial charge in [-0.25, -0.2) is 27.2 Å². The van der Waals surface area contributed by atoms with Crippen LogP contribution in [0.3, 0.4) is 0 Å². The van der Waals surface area contributed by atoms with Crippen LogP contribution in [0.1, 0.15) is 5.56 Å². The van der Waals surface area contributed by atoms with E-state index in [1.807, 2.05) is 0 Å². The van der Waals surface area contributed by atoms with Gasteiger partial charge in [-0.3, -0.25) is 10.1 Å². The molecule has 0 unspecified atom stereocenters. The molecule has 4 heterocycles. The predicted octanol–water partition coefficient (Wildman–Crippen LogP) is 5.35. The second-order valence-corrected chi connectivity index (χ2v) is 10.2. The number of anilines is 1. The number of fused-ring (bicyclic) bond motifs is 2. The number of nitrogens with two attached hydrogens (primary N) is 2. The molecule has 16 heteroatoms. The molecule has 246 valence electrons. The summed E-state index contributed by atoms with van der Waals surface area (Å²) in [6, 6.07) is 20.8. The first-order chi connectivity index (χ1) is 23.7. The van der Waals surface area contributed by atoms with Gasteiger partial charge >= 0.3 is 0 Å². The standard InChI is InChI=1S/C21H16F2N6O2.C12H9FN4O/c22-14-5-3-13(4-6-14)10-19(30)28-21(24)27-15-7-8-18(16(23)11-15)31-20-17-2-1-9-29(17)26-12-25-20;13-9-6-8(14)3-4-11(9)18-12-10-2-1-5-17(10)16-7-15-12/h1-9,11-12H,10H2,(H3,24,27,28,30);1-7H,14H2. The van der Waals surface area contributed by atoms with E-state index in [0.717, 1.165) is 6.07 Å². The zero-order valence-corrected chi connectivity index (χ0v) is 25.2. The van der Waals surface area contributed by atoms with E-state index in [1.54, 1.807) is 51.8 Å². The van der Waals surface area contributed by atoms with Gasteiger partial charge in [0.05, 0.1) is 12.1 Å². The lowest BCUT2D eigenvalue weighted by atomic mass is 10.1. The van der Waals surface area contributed by atoms with E-state index in [0.29, 0.717) is 28.2 Å². The summed E-state index contributed by atoms with van der Waals surface area (Å²) >= 11 is 0. The van der Waals surface area contributed by atoms with Crippen LogP contribution in [-0.4, -0.2) is 41.1 Å². The van der Waals surface area contributed by atoms with Crippen LogP contribution in [0.15, 0.2) is 115 Å². The van der Waals surface area contributed by atoms with Crippen molar-refractivity contribution in [1.82, 2.24) is 34.5 Å². The number of nitrogens with zero attached hydrogens (tertiary/aromatic N) is 7. The molecule has 7 aromatic rings. The molecular weight excluding hydrogens is 641 g/mol. The Morgan fingerprint density at radius 3 is 1.92 bits per heavy atom. The number of halogens is 3. The number of rotatable bonds is 7. The zero-order valence-electron chi connectivity index (χ0n) is 25.2. The van der Waals surface area contributed by atoms with Gasteiger partial charge < -0.3 is 20.9 Å². The van der Waals surface area contributed by atoms with Gasteiger partial charge in [-0.05, 0) is 66.2 Å². The molecule has 7 rings (SSSR count). The van der Waals surface area contributed by atoms with E-state index in [4.69, 9.17) is 20.9 Å². The van der Waals surface area contributed by atoms with Crippen LogP contribution in [0.25, 0.3) is 11.0 Å². The van der Waals surface area contributed by atoms with E-state index in [2.05, 4.69) is 30.5 Å². The summed E-state index contributed by atoms with van der Waals surface area (Å²) < 4.78 is 55.2. The maximum atomic E-state index is 14.5. The molecule has 3 aromatic carbocycles. The van der Waals surface area contributed by atoms with E-state index < -0.39 is 23.4 Å². The van der Waals surface area contributed by atoms with Gasteiger partial charge in [0.1, 0.15) is 29.5 Å². The minimum atomic E-state index is -0.685. The third-order valence-electron chi connectivity index (χ3n) is 6.68. The Hall–Kier alpha value is -6.97. The SMILES string of the molecule is NC(=Nc1ccc(Oc2ncnn3cccc23)c(F)c1)NC(=O)Cc1ccc(F)cc1.Nc1ccc(Oc2ncnn3cccc23)c(F)c1. The number of benzene rings is 3. The molecule has 0 radical (unpaired) electrons. The highest BCUT2D eigenvalue weighted by Crippen LogP contribution is 2.29. The number of ether oxygens (including phenoxy) is 2.